The largest absolute Gasteiger partial charge is 0.422 e. The monoisotopic (exact) mass is 324 g/mol. The summed E-state index contributed by atoms with van der Waals surface area (Å²) in [4.78, 5) is 24.2. The summed E-state index contributed by atoms with van der Waals surface area (Å²) in [7, 11) is 0. The molecule has 0 aliphatic heterocycles. The van der Waals surface area contributed by atoms with Crippen LogP contribution in [0.15, 0.2) is 60.7 Å². The Bertz CT molecular complexity index is 910. The molecule has 0 bridgehead atoms. The topological polar surface area (TPSA) is 43.4 Å². The van der Waals surface area contributed by atoms with E-state index in [1.807, 2.05) is 30.3 Å². The van der Waals surface area contributed by atoms with Crippen molar-refractivity contribution in [2.75, 3.05) is 0 Å². The van der Waals surface area contributed by atoms with Crippen molar-refractivity contribution < 1.29 is 14.3 Å². The van der Waals surface area contributed by atoms with E-state index in [4.69, 9.17) is 16.3 Å². The second kappa shape index (κ2) is 6.23. The number of ketones is 1. The van der Waals surface area contributed by atoms with Crippen molar-refractivity contribution in [2.24, 2.45) is 0 Å². The van der Waals surface area contributed by atoms with Crippen LogP contribution in [0.25, 0.3) is 10.8 Å². The van der Waals surface area contributed by atoms with E-state index < -0.39 is 5.97 Å². The van der Waals surface area contributed by atoms with Gasteiger partial charge in [0.05, 0.1) is 11.1 Å². The number of carbonyl (C=O) groups is 2. The first kappa shape index (κ1) is 15.3. The molecule has 23 heavy (non-hydrogen) atoms. The van der Waals surface area contributed by atoms with E-state index in [1.54, 1.807) is 24.3 Å². The summed E-state index contributed by atoms with van der Waals surface area (Å²) in [5.41, 5.74) is 0.764. The van der Waals surface area contributed by atoms with Gasteiger partial charge in [-0.05, 0) is 35.9 Å². The summed E-state index contributed by atoms with van der Waals surface area (Å²) in [6, 6.07) is 17.6. The van der Waals surface area contributed by atoms with Gasteiger partial charge in [-0.3, -0.25) is 4.79 Å². The first-order valence-electron chi connectivity index (χ1n) is 7.06. The summed E-state index contributed by atoms with van der Waals surface area (Å²) >= 11 is 5.94. The fraction of sp³-hybridized carbons (Fsp3) is 0.0526. The Kier molecular flexibility index (Phi) is 4.13. The normalized spacial score (nSPS) is 10.5. The maximum absolute atomic E-state index is 12.5. The summed E-state index contributed by atoms with van der Waals surface area (Å²) in [6.45, 7) is 1.42. The highest BCUT2D eigenvalue weighted by Crippen LogP contribution is 2.26. The molecule has 0 aliphatic carbocycles. The van der Waals surface area contributed by atoms with Crippen molar-refractivity contribution in [3.8, 4) is 5.75 Å². The van der Waals surface area contributed by atoms with E-state index >= 15 is 0 Å². The lowest BCUT2D eigenvalue weighted by molar-refractivity contribution is 0.0735. The number of halogens is 1. The zero-order valence-corrected chi connectivity index (χ0v) is 13.1. The number of rotatable bonds is 3. The first-order valence-corrected chi connectivity index (χ1v) is 7.44. The molecule has 0 radical (unpaired) electrons. The van der Waals surface area contributed by atoms with Crippen molar-refractivity contribution >= 4 is 34.1 Å². The van der Waals surface area contributed by atoms with Crippen LogP contribution in [-0.2, 0) is 0 Å². The molecule has 0 saturated heterocycles. The Balaban J connectivity index is 2.02. The van der Waals surface area contributed by atoms with Gasteiger partial charge in [-0.2, -0.15) is 0 Å². The highest BCUT2D eigenvalue weighted by molar-refractivity contribution is 6.31. The number of hydrogen-bond donors (Lipinski definition) is 0. The average molecular weight is 325 g/mol. The van der Waals surface area contributed by atoms with Crippen LogP contribution in [0.5, 0.6) is 5.75 Å². The van der Waals surface area contributed by atoms with Crippen molar-refractivity contribution in [3.63, 3.8) is 0 Å². The lowest BCUT2D eigenvalue weighted by atomic mass is 10.0. The minimum absolute atomic E-state index is 0.169. The molecule has 3 aromatic rings. The van der Waals surface area contributed by atoms with E-state index in [-0.39, 0.29) is 11.5 Å². The molecule has 0 unspecified atom stereocenters. The fourth-order valence-corrected chi connectivity index (χ4v) is 2.59. The molecule has 0 aromatic heterocycles. The standard InChI is InChI=1S/C19H13ClO3/c1-12(21)15-10-9-14(20)11-18(15)23-19(22)17-8-4-6-13-5-2-3-7-16(13)17/h2-11H,1H3. The molecule has 0 spiro atoms. The lowest BCUT2D eigenvalue weighted by Gasteiger charge is -2.10. The van der Waals surface area contributed by atoms with Crippen molar-refractivity contribution in [2.45, 2.75) is 6.92 Å². The number of fused-ring (bicyclic) bond motifs is 1. The number of Topliss-reactive ketones (excluding diaryl/α,β-unsaturated/α-hetero) is 1. The first-order chi connectivity index (χ1) is 11.1. The molecule has 3 aromatic carbocycles. The number of esters is 1. The van der Waals surface area contributed by atoms with E-state index in [9.17, 15) is 9.59 Å². The van der Waals surface area contributed by atoms with E-state index in [0.29, 0.717) is 16.1 Å². The summed E-state index contributed by atoms with van der Waals surface area (Å²) in [5.74, 6) is -0.545. The van der Waals surface area contributed by atoms with Crippen LogP contribution >= 0.6 is 11.6 Å². The third-order valence-electron chi connectivity index (χ3n) is 3.54. The predicted octanol–water partition coefficient (Wildman–Crippen LogP) is 4.92. The number of benzene rings is 3. The molecule has 3 nitrogen and oxygen atoms in total. The SMILES string of the molecule is CC(=O)c1ccc(Cl)cc1OC(=O)c1cccc2ccccc12. The molecule has 0 amide bonds. The lowest BCUT2D eigenvalue weighted by Crippen LogP contribution is -2.11. The molecule has 0 saturated carbocycles. The quantitative estimate of drug-likeness (QED) is 0.390. The fourth-order valence-electron chi connectivity index (χ4n) is 2.43. The second-order valence-electron chi connectivity index (χ2n) is 5.11. The average Bonchev–Trinajstić information content (AvgIpc) is 2.54. The molecular formula is C19H13ClO3. The Labute approximate surface area is 138 Å². The Morgan fingerprint density at radius 2 is 1.65 bits per heavy atom. The van der Waals surface area contributed by atoms with Crippen LogP contribution in [0, 0.1) is 0 Å². The number of hydrogen-bond acceptors (Lipinski definition) is 3. The molecule has 0 atom stereocenters. The van der Waals surface area contributed by atoms with Gasteiger partial charge < -0.3 is 4.74 Å². The van der Waals surface area contributed by atoms with E-state index in [1.165, 1.54) is 13.0 Å². The Morgan fingerprint density at radius 1 is 0.913 bits per heavy atom. The van der Waals surface area contributed by atoms with Crippen LogP contribution < -0.4 is 4.74 Å². The van der Waals surface area contributed by atoms with Gasteiger partial charge in [0, 0.05) is 11.1 Å². The molecule has 4 heteroatoms. The van der Waals surface area contributed by atoms with Crippen LogP contribution in [-0.4, -0.2) is 11.8 Å². The Hall–Kier alpha value is -2.65. The maximum Gasteiger partial charge on any atom is 0.344 e. The van der Waals surface area contributed by atoms with Crippen LogP contribution in [0.3, 0.4) is 0 Å². The zero-order chi connectivity index (χ0) is 16.4. The molecule has 3 rings (SSSR count). The minimum atomic E-state index is -0.522. The molecule has 0 heterocycles. The Morgan fingerprint density at radius 3 is 2.43 bits per heavy atom. The van der Waals surface area contributed by atoms with Gasteiger partial charge in [-0.15, -0.1) is 0 Å². The van der Waals surface area contributed by atoms with Gasteiger partial charge in [0.25, 0.3) is 0 Å². The smallest absolute Gasteiger partial charge is 0.344 e. The molecule has 0 N–H and O–H groups in total. The molecular weight excluding hydrogens is 312 g/mol. The predicted molar refractivity (Wildman–Crippen MR) is 90.4 cm³/mol. The zero-order valence-electron chi connectivity index (χ0n) is 12.4. The van der Waals surface area contributed by atoms with Gasteiger partial charge in [0.2, 0.25) is 0 Å². The van der Waals surface area contributed by atoms with E-state index in [2.05, 4.69) is 0 Å². The second-order valence-corrected chi connectivity index (χ2v) is 5.55. The highest BCUT2D eigenvalue weighted by Gasteiger charge is 2.16. The van der Waals surface area contributed by atoms with Crippen LogP contribution in [0.4, 0.5) is 0 Å². The van der Waals surface area contributed by atoms with Gasteiger partial charge in [0.1, 0.15) is 5.75 Å². The van der Waals surface area contributed by atoms with E-state index in [0.717, 1.165) is 10.8 Å². The van der Waals surface area contributed by atoms with Crippen molar-refractivity contribution in [1.29, 1.82) is 0 Å². The summed E-state index contributed by atoms with van der Waals surface area (Å²) in [5, 5.41) is 2.14. The van der Waals surface area contributed by atoms with Gasteiger partial charge in [-0.1, -0.05) is 48.0 Å². The third kappa shape index (κ3) is 3.10. The highest BCUT2D eigenvalue weighted by atomic mass is 35.5. The van der Waals surface area contributed by atoms with Crippen LogP contribution in [0.2, 0.25) is 5.02 Å². The van der Waals surface area contributed by atoms with Gasteiger partial charge >= 0.3 is 5.97 Å². The summed E-state index contributed by atoms with van der Waals surface area (Å²) in [6.07, 6.45) is 0. The third-order valence-corrected chi connectivity index (χ3v) is 3.77. The molecule has 114 valence electrons. The van der Waals surface area contributed by atoms with Crippen molar-refractivity contribution in [1.82, 2.24) is 0 Å². The summed E-state index contributed by atoms with van der Waals surface area (Å²) < 4.78 is 5.44. The van der Waals surface area contributed by atoms with Gasteiger partial charge in [0.15, 0.2) is 5.78 Å². The molecule has 0 aliphatic rings. The van der Waals surface area contributed by atoms with Crippen molar-refractivity contribution in [3.05, 3.63) is 76.8 Å². The number of carbonyl (C=O) groups excluding carboxylic acids is 2. The number of ether oxygens (including phenoxy) is 1. The minimum Gasteiger partial charge on any atom is -0.422 e. The van der Waals surface area contributed by atoms with Gasteiger partial charge in [-0.25, -0.2) is 4.79 Å². The van der Waals surface area contributed by atoms with Crippen LogP contribution in [0.1, 0.15) is 27.6 Å². The molecule has 0 fully saturated rings. The maximum atomic E-state index is 12.5.